The van der Waals surface area contributed by atoms with Crippen LogP contribution in [0.5, 0.6) is 0 Å². The summed E-state index contributed by atoms with van der Waals surface area (Å²) in [5.74, 6) is 0. The highest BCUT2D eigenvalue weighted by molar-refractivity contribution is 5.64. The fraction of sp³-hybridized carbons (Fsp3) is 0.125. The summed E-state index contributed by atoms with van der Waals surface area (Å²) in [6, 6.07) is 5.07. The van der Waals surface area contributed by atoms with Crippen LogP contribution in [0.25, 0.3) is 0 Å². The van der Waals surface area contributed by atoms with E-state index in [1.165, 1.54) is 6.20 Å². The summed E-state index contributed by atoms with van der Waals surface area (Å²) in [4.78, 5) is 13.9. The van der Waals surface area contributed by atoms with Gasteiger partial charge in [0.15, 0.2) is 0 Å². The summed E-state index contributed by atoms with van der Waals surface area (Å²) in [5.41, 5.74) is 1.04. The van der Waals surface area contributed by atoms with Crippen LogP contribution in [-0.2, 0) is 6.54 Å². The first-order valence-corrected chi connectivity index (χ1v) is 3.54. The Bertz CT molecular complexity index is 339. The topological polar surface area (TPSA) is 86.0 Å². The van der Waals surface area contributed by atoms with E-state index in [0.717, 1.165) is 5.56 Å². The number of carboxylic acid groups (broad SMARTS) is 1. The molecule has 2 N–H and O–H groups in total. The van der Waals surface area contributed by atoms with Crippen molar-refractivity contribution in [2.24, 2.45) is 0 Å². The van der Waals surface area contributed by atoms with Gasteiger partial charge in [-0.25, -0.2) is 9.78 Å². The lowest BCUT2D eigenvalue weighted by Gasteiger charge is -1.99. The van der Waals surface area contributed by atoms with Crippen LogP contribution < -0.4 is 5.32 Å². The molecule has 0 aromatic carbocycles. The molecule has 1 aromatic heterocycles. The van der Waals surface area contributed by atoms with E-state index in [2.05, 4.69) is 10.3 Å². The molecule has 1 amide bonds. The van der Waals surface area contributed by atoms with E-state index < -0.39 is 6.09 Å². The molecule has 0 bridgehead atoms. The number of pyridine rings is 1. The van der Waals surface area contributed by atoms with E-state index in [4.69, 9.17) is 10.4 Å². The third kappa shape index (κ3) is 2.79. The number of aromatic nitrogens is 1. The number of nitrogens with zero attached hydrogens (tertiary/aromatic N) is 2. The fourth-order valence-corrected chi connectivity index (χ4v) is 0.773. The van der Waals surface area contributed by atoms with E-state index in [1.807, 2.05) is 6.07 Å². The van der Waals surface area contributed by atoms with Gasteiger partial charge >= 0.3 is 6.09 Å². The van der Waals surface area contributed by atoms with Crippen molar-refractivity contribution >= 4 is 6.09 Å². The normalized spacial score (nSPS) is 8.85. The quantitative estimate of drug-likeness (QED) is 0.696. The third-order valence-corrected chi connectivity index (χ3v) is 1.38. The van der Waals surface area contributed by atoms with Crippen LogP contribution in [0.2, 0.25) is 0 Å². The molecule has 0 aliphatic heterocycles. The molecular formula is C8H7N3O2. The molecule has 0 spiro atoms. The van der Waals surface area contributed by atoms with E-state index in [1.54, 1.807) is 12.1 Å². The maximum Gasteiger partial charge on any atom is 0.404 e. The fourth-order valence-electron chi connectivity index (χ4n) is 0.773. The van der Waals surface area contributed by atoms with E-state index in [-0.39, 0.29) is 6.54 Å². The minimum absolute atomic E-state index is 0.202. The maximum absolute atomic E-state index is 10.1. The summed E-state index contributed by atoms with van der Waals surface area (Å²) in [6.07, 6.45) is 0.387. The van der Waals surface area contributed by atoms with Crippen LogP contribution in [0.15, 0.2) is 18.3 Å². The maximum atomic E-state index is 10.1. The molecule has 0 aliphatic rings. The van der Waals surface area contributed by atoms with Gasteiger partial charge in [0.25, 0.3) is 0 Å². The molecular weight excluding hydrogens is 170 g/mol. The van der Waals surface area contributed by atoms with Crippen molar-refractivity contribution in [1.82, 2.24) is 10.3 Å². The summed E-state index contributed by atoms with van der Waals surface area (Å²) >= 11 is 0. The van der Waals surface area contributed by atoms with Crippen molar-refractivity contribution in [2.75, 3.05) is 0 Å². The average Bonchev–Trinajstić information content (AvgIpc) is 2.15. The highest BCUT2D eigenvalue weighted by Crippen LogP contribution is 1.98. The predicted octanol–water partition coefficient (Wildman–Crippen LogP) is 0.721. The molecule has 13 heavy (non-hydrogen) atoms. The number of rotatable bonds is 2. The lowest BCUT2D eigenvalue weighted by Crippen LogP contribution is -2.19. The molecule has 0 atom stereocenters. The SMILES string of the molecule is N#Cc1ccc(CNC(=O)O)cn1. The summed E-state index contributed by atoms with van der Waals surface area (Å²) in [6.45, 7) is 0.202. The van der Waals surface area contributed by atoms with E-state index >= 15 is 0 Å². The van der Waals surface area contributed by atoms with Gasteiger partial charge in [0.05, 0.1) is 0 Å². The Morgan fingerprint density at radius 1 is 1.69 bits per heavy atom. The van der Waals surface area contributed by atoms with Crippen LogP contribution in [0.3, 0.4) is 0 Å². The van der Waals surface area contributed by atoms with E-state index in [0.29, 0.717) is 5.69 Å². The van der Waals surface area contributed by atoms with Crippen LogP contribution in [0.4, 0.5) is 4.79 Å². The van der Waals surface area contributed by atoms with Crippen LogP contribution in [0, 0.1) is 11.3 Å². The Kier molecular flexibility index (Phi) is 2.82. The molecule has 0 unspecified atom stereocenters. The van der Waals surface area contributed by atoms with Crippen molar-refractivity contribution in [1.29, 1.82) is 5.26 Å². The molecule has 0 saturated carbocycles. The third-order valence-electron chi connectivity index (χ3n) is 1.38. The summed E-state index contributed by atoms with van der Waals surface area (Å²) in [5, 5.41) is 18.9. The molecule has 5 heteroatoms. The standard InChI is InChI=1S/C8H7N3O2/c9-3-7-2-1-6(4-10-7)5-11-8(12)13/h1-2,4,11H,5H2,(H,12,13). The van der Waals surface area contributed by atoms with Gasteiger partial charge in [0.1, 0.15) is 11.8 Å². The van der Waals surface area contributed by atoms with Crippen LogP contribution in [0.1, 0.15) is 11.3 Å². The second kappa shape index (κ2) is 4.07. The largest absolute Gasteiger partial charge is 0.465 e. The molecule has 0 fully saturated rings. The Labute approximate surface area is 74.6 Å². The van der Waals surface area contributed by atoms with E-state index in [9.17, 15) is 4.79 Å². The first-order valence-electron chi connectivity index (χ1n) is 3.54. The zero-order chi connectivity index (χ0) is 9.68. The molecule has 1 rings (SSSR count). The molecule has 0 aliphatic carbocycles. The molecule has 0 radical (unpaired) electrons. The first kappa shape index (κ1) is 9.00. The number of nitriles is 1. The smallest absolute Gasteiger partial charge is 0.404 e. The number of hydrogen-bond donors (Lipinski definition) is 2. The predicted molar refractivity (Wildman–Crippen MR) is 43.8 cm³/mol. The minimum atomic E-state index is -1.08. The zero-order valence-corrected chi connectivity index (χ0v) is 6.69. The Balaban J connectivity index is 2.60. The number of amides is 1. The number of carbonyl (C=O) groups is 1. The van der Waals surface area contributed by atoms with Gasteiger partial charge in [-0.2, -0.15) is 5.26 Å². The lowest BCUT2D eigenvalue weighted by atomic mass is 10.2. The van der Waals surface area contributed by atoms with Gasteiger partial charge in [0, 0.05) is 12.7 Å². The molecule has 1 heterocycles. The Hall–Kier alpha value is -2.09. The highest BCUT2D eigenvalue weighted by Gasteiger charge is 1.97. The van der Waals surface area contributed by atoms with Gasteiger partial charge < -0.3 is 10.4 Å². The van der Waals surface area contributed by atoms with Crippen LogP contribution >= 0.6 is 0 Å². The van der Waals surface area contributed by atoms with Gasteiger partial charge in [0.2, 0.25) is 0 Å². The van der Waals surface area contributed by atoms with Crippen molar-refractivity contribution in [3.05, 3.63) is 29.6 Å². The molecule has 0 saturated heterocycles. The van der Waals surface area contributed by atoms with Gasteiger partial charge in [-0.05, 0) is 11.6 Å². The molecule has 5 nitrogen and oxygen atoms in total. The van der Waals surface area contributed by atoms with Gasteiger partial charge in [-0.3, -0.25) is 0 Å². The second-order valence-corrected chi connectivity index (χ2v) is 2.32. The highest BCUT2D eigenvalue weighted by atomic mass is 16.4. The Morgan fingerprint density at radius 3 is 2.92 bits per heavy atom. The summed E-state index contributed by atoms with van der Waals surface area (Å²) < 4.78 is 0. The van der Waals surface area contributed by atoms with Crippen molar-refractivity contribution < 1.29 is 9.90 Å². The average molecular weight is 177 g/mol. The van der Waals surface area contributed by atoms with Crippen LogP contribution in [-0.4, -0.2) is 16.2 Å². The number of nitrogens with one attached hydrogen (secondary N) is 1. The summed E-state index contributed by atoms with van der Waals surface area (Å²) in [7, 11) is 0. The molecule has 66 valence electrons. The lowest BCUT2D eigenvalue weighted by molar-refractivity contribution is 0.194. The van der Waals surface area contributed by atoms with Crippen molar-refractivity contribution in [3.8, 4) is 6.07 Å². The van der Waals surface area contributed by atoms with Gasteiger partial charge in [-0.1, -0.05) is 6.07 Å². The second-order valence-electron chi connectivity index (χ2n) is 2.32. The first-order chi connectivity index (χ1) is 6.22. The monoisotopic (exact) mass is 177 g/mol. The van der Waals surface area contributed by atoms with Gasteiger partial charge in [-0.15, -0.1) is 0 Å². The van der Waals surface area contributed by atoms with Crippen molar-refractivity contribution in [2.45, 2.75) is 6.54 Å². The minimum Gasteiger partial charge on any atom is -0.465 e. The Morgan fingerprint density at radius 2 is 2.46 bits per heavy atom. The number of hydrogen-bond acceptors (Lipinski definition) is 3. The zero-order valence-electron chi connectivity index (χ0n) is 6.69. The molecule has 1 aromatic rings. The van der Waals surface area contributed by atoms with Crippen molar-refractivity contribution in [3.63, 3.8) is 0 Å².